The van der Waals surface area contributed by atoms with E-state index in [1.165, 1.54) is 24.1 Å². The Hall–Kier alpha value is -1.60. The molecule has 0 radical (unpaired) electrons. The lowest BCUT2D eigenvalue weighted by atomic mass is 10.0. The first-order chi connectivity index (χ1) is 12.1. The molecule has 1 aromatic heterocycles. The second-order valence-corrected chi connectivity index (χ2v) is 7.13. The van der Waals surface area contributed by atoms with E-state index in [9.17, 15) is 4.79 Å². The van der Waals surface area contributed by atoms with Crippen LogP contribution in [0.3, 0.4) is 0 Å². The zero-order valence-electron chi connectivity index (χ0n) is 15.8. The fourth-order valence-corrected chi connectivity index (χ4v) is 3.90. The summed E-state index contributed by atoms with van der Waals surface area (Å²) >= 11 is 0. The van der Waals surface area contributed by atoms with Gasteiger partial charge in [-0.3, -0.25) is 14.5 Å². The van der Waals surface area contributed by atoms with Crippen LogP contribution < -0.4 is 0 Å². The number of piperazine rings is 1. The van der Waals surface area contributed by atoms with Crippen molar-refractivity contribution in [3.8, 4) is 0 Å². The van der Waals surface area contributed by atoms with Gasteiger partial charge in [-0.2, -0.15) is 5.10 Å². The number of aryl methyl sites for hydroxylation is 1. The zero-order chi connectivity index (χ0) is 17.8. The van der Waals surface area contributed by atoms with E-state index in [2.05, 4.69) is 21.8 Å². The average Bonchev–Trinajstić information content (AvgIpc) is 2.94. The van der Waals surface area contributed by atoms with Crippen LogP contribution in [0, 0.1) is 6.92 Å². The van der Waals surface area contributed by atoms with Crippen LogP contribution in [-0.4, -0.2) is 82.5 Å². The molecule has 7 heteroatoms. The summed E-state index contributed by atoms with van der Waals surface area (Å²) in [6.45, 7) is 11.1. The number of rotatable bonds is 4. The highest BCUT2D eigenvalue weighted by Gasteiger charge is 2.30. The van der Waals surface area contributed by atoms with E-state index < -0.39 is 0 Å². The van der Waals surface area contributed by atoms with Crippen molar-refractivity contribution in [2.75, 3.05) is 45.9 Å². The predicted molar refractivity (Wildman–Crippen MR) is 96.4 cm³/mol. The Kier molecular flexibility index (Phi) is 5.96. The van der Waals surface area contributed by atoms with Crippen molar-refractivity contribution < 1.29 is 9.53 Å². The Morgan fingerprint density at radius 2 is 2.04 bits per heavy atom. The number of ether oxygens (including phenoxy) is 1. The largest absolute Gasteiger partial charge is 0.450 e. The molecule has 1 unspecified atom stereocenters. The first-order valence-electron chi connectivity index (χ1n) is 9.44. The van der Waals surface area contributed by atoms with Crippen molar-refractivity contribution in [1.29, 1.82) is 0 Å². The van der Waals surface area contributed by atoms with Gasteiger partial charge in [0.1, 0.15) is 0 Å². The second-order valence-electron chi connectivity index (χ2n) is 7.13. The summed E-state index contributed by atoms with van der Waals surface area (Å²) in [7, 11) is 2.00. The minimum absolute atomic E-state index is 0.167. The molecule has 0 aromatic carbocycles. The summed E-state index contributed by atoms with van der Waals surface area (Å²) in [6.07, 6.45) is 4.32. The molecule has 0 spiro atoms. The molecule has 7 nitrogen and oxygen atoms in total. The van der Waals surface area contributed by atoms with Gasteiger partial charge >= 0.3 is 6.09 Å². The highest BCUT2D eigenvalue weighted by Crippen LogP contribution is 2.20. The lowest BCUT2D eigenvalue weighted by molar-refractivity contribution is 0.0412. The molecule has 2 aliphatic heterocycles. The Morgan fingerprint density at radius 3 is 2.68 bits per heavy atom. The molecule has 3 heterocycles. The van der Waals surface area contributed by atoms with E-state index >= 15 is 0 Å². The second kappa shape index (κ2) is 8.19. The molecule has 1 atom stereocenters. The van der Waals surface area contributed by atoms with E-state index in [1.54, 1.807) is 0 Å². The molecular weight excluding hydrogens is 318 g/mol. The number of hydrogen-bond acceptors (Lipinski definition) is 5. The fraction of sp³-hybridized carbons (Fsp3) is 0.778. The summed E-state index contributed by atoms with van der Waals surface area (Å²) in [5.74, 6) is 0. The van der Waals surface area contributed by atoms with E-state index in [0.717, 1.165) is 45.8 Å². The van der Waals surface area contributed by atoms with Crippen molar-refractivity contribution in [3.05, 3.63) is 17.5 Å². The Balaban J connectivity index is 1.50. The number of nitrogens with zero attached hydrogens (tertiary/aromatic N) is 5. The van der Waals surface area contributed by atoms with E-state index in [-0.39, 0.29) is 6.09 Å². The molecular formula is C18H31N5O2. The number of carbonyl (C=O) groups excluding carboxylic acids is 1. The van der Waals surface area contributed by atoms with Gasteiger partial charge in [-0.05, 0) is 33.2 Å². The van der Waals surface area contributed by atoms with Crippen LogP contribution in [0.25, 0.3) is 0 Å². The summed E-state index contributed by atoms with van der Waals surface area (Å²) in [6, 6.07) is 0.593. The molecule has 2 saturated heterocycles. The van der Waals surface area contributed by atoms with Gasteiger partial charge in [0.2, 0.25) is 0 Å². The summed E-state index contributed by atoms with van der Waals surface area (Å²) in [4.78, 5) is 18.8. The van der Waals surface area contributed by atoms with Gasteiger partial charge < -0.3 is 9.64 Å². The quantitative estimate of drug-likeness (QED) is 0.824. The predicted octanol–water partition coefficient (Wildman–Crippen LogP) is 1.47. The molecule has 2 fully saturated rings. The van der Waals surface area contributed by atoms with Crippen LogP contribution in [0.2, 0.25) is 0 Å². The third-order valence-electron chi connectivity index (χ3n) is 5.57. The molecule has 0 bridgehead atoms. The molecule has 1 aromatic rings. The normalized spacial score (nSPS) is 23.0. The molecule has 3 rings (SSSR count). The van der Waals surface area contributed by atoms with E-state index in [0.29, 0.717) is 12.6 Å². The van der Waals surface area contributed by atoms with Crippen LogP contribution in [0.1, 0.15) is 31.0 Å². The lowest BCUT2D eigenvalue weighted by Gasteiger charge is -2.43. The van der Waals surface area contributed by atoms with Crippen LogP contribution in [0.5, 0.6) is 0 Å². The average molecular weight is 349 g/mol. The summed E-state index contributed by atoms with van der Waals surface area (Å²) in [5.41, 5.74) is 2.58. The summed E-state index contributed by atoms with van der Waals surface area (Å²) in [5, 5.41) is 4.36. The van der Waals surface area contributed by atoms with Crippen molar-refractivity contribution in [1.82, 2.24) is 24.5 Å². The lowest BCUT2D eigenvalue weighted by Crippen LogP contribution is -2.55. The fourth-order valence-electron chi connectivity index (χ4n) is 3.90. The van der Waals surface area contributed by atoms with Crippen LogP contribution in [-0.2, 0) is 18.3 Å². The Labute approximate surface area is 150 Å². The minimum Gasteiger partial charge on any atom is -0.450 e. The van der Waals surface area contributed by atoms with Crippen molar-refractivity contribution in [2.45, 2.75) is 39.3 Å². The SMILES string of the molecule is CCOC(=O)N1CCN(C2CCCN(Cc3cnn(C)c3C)C2)CC1. The van der Waals surface area contributed by atoms with E-state index in [4.69, 9.17) is 4.74 Å². The van der Waals surface area contributed by atoms with Gasteiger partial charge in [0.15, 0.2) is 0 Å². The molecule has 0 aliphatic carbocycles. The molecule has 0 saturated carbocycles. The highest BCUT2D eigenvalue weighted by atomic mass is 16.6. The Bertz CT molecular complexity index is 580. The smallest absolute Gasteiger partial charge is 0.409 e. The highest BCUT2D eigenvalue weighted by molar-refractivity contribution is 5.67. The Morgan fingerprint density at radius 1 is 1.28 bits per heavy atom. The van der Waals surface area contributed by atoms with Crippen molar-refractivity contribution >= 4 is 6.09 Å². The maximum Gasteiger partial charge on any atom is 0.409 e. The number of hydrogen-bond donors (Lipinski definition) is 0. The maximum atomic E-state index is 11.8. The van der Waals surface area contributed by atoms with Crippen molar-refractivity contribution in [2.24, 2.45) is 7.05 Å². The first-order valence-corrected chi connectivity index (χ1v) is 9.44. The van der Waals surface area contributed by atoms with Crippen LogP contribution in [0.4, 0.5) is 4.79 Å². The number of aromatic nitrogens is 2. The van der Waals surface area contributed by atoms with Gasteiger partial charge in [0.25, 0.3) is 0 Å². The van der Waals surface area contributed by atoms with Crippen molar-refractivity contribution in [3.63, 3.8) is 0 Å². The molecule has 0 N–H and O–H groups in total. The summed E-state index contributed by atoms with van der Waals surface area (Å²) < 4.78 is 7.06. The third-order valence-corrected chi connectivity index (χ3v) is 5.57. The number of amides is 1. The van der Waals surface area contributed by atoms with Crippen LogP contribution >= 0.6 is 0 Å². The number of carbonyl (C=O) groups is 1. The molecule has 2 aliphatic rings. The number of piperidine rings is 1. The van der Waals surface area contributed by atoms with Gasteiger partial charge in [0, 0.05) is 63.6 Å². The topological polar surface area (TPSA) is 53.8 Å². The minimum atomic E-state index is -0.167. The van der Waals surface area contributed by atoms with Gasteiger partial charge in [0.05, 0.1) is 12.8 Å². The molecule has 1 amide bonds. The van der Waals surface area contributed by atoms with Gasteiger partial charge in [-0.1, -0.05) is 0 Å². The molecule has 25 heavy (non-hydrogen) atoms. The standard InChI is InChI=1S/C18H31N5O2/c1-4-25-18(24)23-10-8-22(9-11-23)17-6-5-7-21(14-17)13-16-12-19-20(3)15(16)2/h12,17H,4-11,13-14H2,1-3H3. The van der Waals surface area contributed by atoms with Gasteiger partial charge in [-0.25, -0.2) is 4.79 Å². The zero-order valence-corrected chi connectivity index (χ0v) is 15.8. The molecule has 140 valence electrons. The van der Waals surface area contributed by atoms with Crippen LogP contribution in [0.15, 0.2) is 6.20 Å². The van der Waals surface area contributed by atoms with Gasteiger partial charge in [-0.15, -0.1) is 0 Å². The third kappa shape index (κ3) is 4.33. The first kappa shape index (κ1) is 18.2. The number of likely N-dealkylation sites (tertiary alicyclic amines) is 1. The monoisotopic (exact) mass is 349 g/mol. The maximum absolute atomic E-state index is 11.8. The van der Waals surface area contributed by atoms with E-state index in [1.807, 2.05) is 29.7 Å².